The molecule has 0 unspecified atom stereocenters. The first-order valence-corrected chi connectivity index (χ1v) is 7.27. The number of halogens is 1. The van der Waals surface area contributed by atoms with Crippen LogP contribution in [0.4, 0.5) is 0 Å². The summed E-state index contributed by atoms with van der Waals surface area (Å²) in [6.45, 7) is 5.04. The normalized spacial score (nSPS) is 11.2. The highest BCUT2D eigenvalue weighted by atomic mass is 35.5. The quantitative estimate of drug-likeness (QED) is 0.855. The topological polar surface area (TPSA) is 36.1 Å². The van der Waals surface area contributed by atoms with Gasteiger partial charge in [-0.25, -0.2) is 0 Å². The van der Waals surface area contributed by atoms with Gasteiger partial charge in [-0.1, -0.05) is 11.6 Å². The van der Waals surface area contributed by atoms with Crippen molar-refractivity contribution in [2.24, 2.45) is 0 Å². The van der Waals surface area contributed by atoms with Crippen LogP contribution in [0.2, 0.25) is 4.34 Å². The number of aryl methyl sites for hydroxylation is 2. The van der Waals surface area contributed by atoms with Crippen molar-refractivity contribution in [1.82, 2.24) is 9.88 Å². The Balaban J connectivity index is 1.97. The van der Waals surface area contributed by atoms with E-state index in [1.165, 1.54) is 4.88 Å². The molecular weight excluding hydrogens is 280 g/mol. The molecule has 0 atom stereocenters. The highest BCUT2D eigenvalue weighted by molar-refractivity contribution is 7.16. The molecule has 102 valence electrons. The van der Waals surface area contributed by atoms with E-state index in [4.69, 9.17) is 11.6 Å². The number of carbonyl (C=O) groups excluding carboxylic acids is 1. The van der Waals surface area contributed by atoms with Gasteiger partial charge in [0, 0.05) is 28.4 Å². The number of aromatic nitrogens is 1. The second-order valence-corrected chi connectivity index (χ2v) is 6.59. The summed E-state index contributed by atoms with van der Waals surface area (Å²) in [5.41, 5.74) is 2.75. The minimum absolute atomic E-state index is 0.145. The van der Waals surface area contributed by atoms with Crippen molar-refractivity contribution in [3.63, 3.8) is 0 Å². The third-order valence-electron chi connectivity index (χ3n) is 2.92. The first-order valence-electron chi connectivity index (χ1n) is 6.08. The predicted octanol–water partition coefficient (Wildman–Crippen LogP) is 3.66. The molecule has 1 N–H and O–H groups in total. The van der Waals surface area contributed by atoms with Gasteiger partial charge >= 0.3 is 0 Å². The molecule has 0 aliphatic carbocycles. The van der Waals surface area contributed by atoms with Crippen LogP contribution < -0.4 is 0 Å². The second kappa shape index (κ2) is 5.90. The molecule has 3 nitrogen and oxygen atoms in total. The lowest BCUT2D eigenvalue weighted by Crippen LogP contribution is -2.25. The molecule has 2 aromatic rings. The molecule has 0 fully saturated rings. The number of Topliss-reactive ketones (excluding diaryl/α,β-unsaturated/α-hetero) is 1. The lowest BCUT2D eigenvalue weighted by atomic mass is 10.1. The molecule has 5 heteroatoms. The van der Waals surface area contributed by atoms with E-state index in [1.54, 1.807) is 11.3 Å². The largest absolute Gasteiger partial charge is 0.362 e. The monoisotopic (exact) mass is 296 g/mol. The highest BCUT2D eigenvalue weighted by Crippen LogP contribution is 2.22. The lowest BCUT2D eigenvalue weighted by Gasteiger charge is -2.14. The molecule has 19 heavy (non-hydrogen) atoms. The molecule has 0 spiro atoms. The number of aromatic amines is 1. The van der Waals surface area contributed by atoms with Crippen molar-refractivity contribution in [1.29, 1.82) is 0 Å². The van der Waals surface area contributed by atoms with Gasteiger partial charge in [0.2, 0.25) is 0 Å². The van der Waals surface area contributed by atoms with Gasteiger partial charge in [-0.2, -0.15) is 0 Å². The highest BCUT2D eigenvalue weighted by Gasteiger charge is 2.14. The van der Waals surface area contributed by atoms with Crippen LogP contribution in [0.1, 0.15) is 26.6 Å². The van der Waals surface area contributed by atoms with Crippen LogP contribution in [0.3, 0.4) is 0 Å². The van der Waals surface area contributed by atoms with Crippen LogP contribution in [-0.4, -0.2) is 29.3 Å². The van der Waals surface area contributed by atoms with Gasteiger partial charge in [-0.15, -0.1) is 11.3 Å². The maximum absolute atomic E-state index is 12.2. The summed E-state index contributed by atoms with van der Waals surface area (Å²) in [5.74, 6) is 0.145. The SMILES string of the molecule is Cc1cc(C(=O)CN(C)Cc2ccc(Cl)s2)c(C)[nH]1. The molecule has 0 aliphatic heterocycles. The number of ketones is 1. The molecule has 0 bridgehead atoms. The van der Waals surface area contributed by atoms with E-state index in [9.17, 15) is 4.79 Å². The molecular formula is C14H17ClN2OS. The zero-order valence-electron chi connectivity index (χ0n) is 11.3. The lowest BCUT2D eigenvalue weighted by molar-refractivity contribution is 0.0943. The summed E-state index contributed by atoms with van der Waals surface area (Å²) in [6.07, 6.45) is 0. The first-order chi connectivity index (χ1) is 8.95. The Hall–Kier alpha value is -1.10. The van der Waals surface area contributed by atoms with Gasteiger partial charge < -0.3 is 4.98 Å². The van der Waals surface area contributed by atoms with E-state index in [2.05, 4.69) is 4.98 Å². The van der Waals surface area contributed by atoms with Crippen LogP contribution in [0, 0.1) is 13.8 Å². The summed E-state index contributed by atoms with van der Waals surface area (Å²) in [6, 6.07) is 5.80. The zero-order chi connectivity index (χ0) is 14.0. The Morgan fingerprint density at radius 2 is 2.16 bits per heavy atom. The van der Waals surface area contributed by atoms with Gasteiger partial charge in [0.1, 0.15) is 0 Å². The molecule has 2 heterocycles. The molecule has 0 radical (unpaired) electrons. The molecule has 2 rings (SSSR count). The standard InChI is InChI=1S/C14H17ClN2OS/c1-9-6-12(10(2)16-9)13(18)8-17(3)7-11-4-5-14(15)19-11/h4-6,16H,7-8H2,1-3H3. The zero-order valence-corrected chi connectivity index (χ0v) is 12.9. The number of H-pyrrole nitrogens is 1. The maximum atomic E-state index is 12.2. The third kappa shape index (κ3) is 3.69. The minimum atomic E-state index is 0.145. The van der Waals surface area contributed by atoms with E-state index in [0.717, 1.165) is 27.8 Å². The molecule has 0 aliphatic rings. The molecule has 0 saturated carbocycles. The summed E-state index contributed by atoms with van der Waals surface area (Å²) >= 11 is 7.45. The number of hydrogen-bond acceptors (Lipinski definition) is 3. The van der Waals surface area contributed by atoms with Gasteiger partial charge in [0.05, 0.1) is 10.9 Å². The molecule has 2 aromatic heterocycles. The van der Waals surface area contributed by atoms with Crippen molar-refractivity contribution in [3.8, 4) is 0 Å². The predicted molar refractivity (Wildman–Crippen MR) is 80.3 cm³/mol. The number of rotatable bonds is 5. The number of nitrogens with zero attached hydrogens (tertiary/aromatic N) is 1. The molecule has 0 amide bonds. The third-order valence-corrected chi connectivity index (χ3v) is 4.13. The van der Waals surface area contributed by atoms with Gasteiger partial charge in [-0.05, 0) is 39.1 Å². The van der Waals surface area contributed by atoms with Crippen LogP contribution >= 0.6 is 22.9 Å². The van der Waals surface area contributed by atoms with Crippen LogP contribution in [0.25, 0.3) is 0 Å². The fraction of sp³-hybridized carbons (Fsp3) is 0.357. The smallest absolute Gasteiger partial charge is 0.178 e. The summed E-state index contributed by atoms with van der Waals surface area (Å²) in [4.78, 5) is 18.5. The number of carbonyl (C=O) groups is 1. The Morgan fingerprint density at radius 1 is 1.42 bits per heavy atom. The van der Waals surface area contributed by atoms with Gasteiger partial charge in [0.15, 0.2) is 5.78 Å². The molecule has 0 aromatic carbocycles. The maximum Gasteiger partial charge on any atom is 0.178 e. The number of thiophene rings is 1. The minimum Gasteiger partial charge on any atom is -0.362 e. The van der Waals surface area contributed by atoms with Crippen molar-refractivity contribution in [2.45, 2.75) is 20.4 Å². The average Bonchev–Trinajstić information content (AvgIpc) is 2.84. The Bertz CT molecular complexity index is 588. The van der Waals surface area contributed by atoms with Gasteiger partial charge in [0.25, 0.3) is 0 Å². The van der Waals surface area contributed by atoms with E-state index in [1.807, 2.05) is 44.0 Å². The van der Waals surface area contributed by atoms with E-state index < -0.39 is 0 Å². The van der Waals surface area contributed by atoms with Crippen molar-refractivity contribution in [3.05, 3.63) is 44.4 Å². The fourth-order valence-electron chi connectivity index (χ4n) is 2.10. The summed E-state index contributed by atoms with van der Waals surface area (Å²) in [5, 5.41) is 0. The van der Waals surface area contributed by atoms with Crippen molar-refractivity contribution < 1.29 is 4.79 Å². The van der Waals surface area contributed by atoms with Crippen molar-refractivity contribution in [2.75, 3.05) is 13.6 Å². The summed E-state index contributed by atoms with van der Waals surface area (Å²) in [7, 11) is 1.94. The average molecular weight is 297 g/mol. The fourth-order valence-corrected chi connectivity index (χ4v) is 3.27. The molecule has 0 saturated heterocycles. The Kier molecular flexibility index (Phi) is 4.45. The van der Waals surface area contributed by atoms with E-state index in [0.29, 0.717) is 6.54 Å². The number of nitrogens with one attached hydrogen (secondary N) is 1. The van der Waals surface area contributed by atoms with E-state index in [-0.39, 0.29) is 5.78 Å². The number of likely N-dealkylation sites (N-methyl/N-ethyl adjacent to an activating group) is 1. The van der Waals surface area contributed by atoms with Crippen LogP contribution in [0.15, 0.2) is 18.2 Å². The van der Waals surface area contributed by atoms with Crippen molar-refractivity contribution >= 4 is 28.7 Å². The van der Waals surface area contributed by atoms with E-state index >= 15 is 0 Å². The number of hydrogen-bond donors (Lipinski definition) is 1. The van der Waals surface area contributed by atoms with Crippen LogP contribution in [-0.2, 0) is 6.54 Å². The van der Waals surface area contributed by atoms with Crippen LogP contribution in [0.5, 0.6) is 0 Å². The Morgan fingerprint density at radius 3 is 2.68 bits per heavy atom. The Labute approximate surface area is 122 Å². The first kappa shape index (κ1) is 14.3. The van der Waals surface area contributed by atoms with Gasteiger partial charge in [-0.3, -0.25) is 9.69 Å². The second-order valence-electron chi connectivity index (χ2n) is 4.79. The summed E-state index contributed by atoms with van der Waals surface area (Å²) < 4.78 is 0.784.